The van der Waals surface area contributed by atoms with Crippen molar-refractivity contribution in [2.75, 3.05) is 27.2 Å². The molecule has 1 aromatic heterocycles. The summed E-state index contributed by atoms with van der Waals surface area (Å²) < 4.78 is 28.8. The first-order valence-corrected chi connectivity index (χ1v) is 8.83. The Hall–Kier alpha value is -0.890. The van der Waals surface area contributed by atoms with Crippen LogP contribution in [0.15, 0.2) is 17.2 Å². The van der Waals surface area contributed by atoms with E-state index < -0.39 is 10.0 Å². The molecular formula is C14H27N3O3S. The maximum atomic E-state index is 12.2. The van der Waals surface area contributed by atoms with Crippen LogP contribution < -0.4 is 4.72 Å². The molecule has 0 aliphatic carbocycles. The fourth-order valence-corrected chi connectivity index (χ4v) is 3.23. The number of hydrogen-bond donors (Lipinski definition) is 2. The summed E-state index contributed by atoms with van der Waals surface area (Å²) in [5, 5.41) is 9.28. The number of aromatic nitrogens is 1. The number of hydrogen-bond acceptors (Lipinski definition) is 4. The number of aryl methyl sites for hydroxylation is 1. The molecule has 6 nitrogen and oxygen atoms in total. The van der Waals surface area contributed by atoms with Gasteiger partial charge in [-0.1, -0.05) is 6.92 Å². The molecule has 0 aliphatic heterocycles. The van der Waals surface area contributed by atoms with E-state index in [-0.39, 0.29) is 11.5 Å². The number of aliphatic hydroxyl groups excluding tert-OH is 1. The summed E-state index contributed by atoms with van der Waals surface area (Å²) in [6, 6.07) is 1.54. The standard InChI is InChI=1S/C14H27N3O3S/c1-4-8-17-11-14(10-13(17)12-18)21(19,20)15-7-5-6-9-16(2)3/h10-11,15,18H,4-9,12H2,1-3H3. The average Bonchev–Trinajstić information content (AvgIpc) is 2.82. The molecule has 0 radical (unpaired) electrons. The molecular weight excluding hydrogens is 290 g/mol. The summed E-state index contributed by atoms with van der Waals surface area (Å²) in [5.41, 5.74) is 0.629. The Morgan fingerprint density at radius 3 is 2.62 bits per heavy atom. The summed E-state index contributed by atoms with van der Waals surface area (Å²) in [5.74, 6) is 0. The molecule has 1 rings (SSSR count). The molecule has 1 aromatic rings. The van der Waals surface area contributed by atoms with Crippen LogP contribution in [0.5, 0.6) is 0 Å². The number of unbranched alkanes of at least 4 members (excludes halogenated alkanes) is 1. The van der Waals surface area contributed by atoms with E-state index in [1.54, 1.807) is 10.8 Å². The van der Waals surface area contributed by atoms with Gasteiger partial charge in [-0.3, -0.25) is 0 Å². The molecule has 1 heterocycles. The van der Waals surface area contributed by atoms with Crippen LogP contribution in [0.3, 0.4) is 0 Å². The zero-order chi connectivity index (χ0) is 15.9. The predicted octanol–water partition coefficient (Wildman–Crippen LogP) is 1.01. The third-order valence-electron chi connectivity index (χ3n) is 3.22. The monoisotopic (exact) mass is 317 g/mol. The van der Waals surface area contributed by atoms with Gasteiger partial charge in [0.2, 0.25) is 10.0 Å². The zero-order valence-corrected chi connectivity index (χ0v) is 14.0. The third-order valence-corrected chi connectivity index (χ3v) is 4.65. The molecule has 21 heavy (non-hydrogen) atoms. The number of sulfonamides is 1. The lowest BCUT2D eigenvalue weighted by Crippen LogP contribution is -2.25. The van der Waals surface area contributed by atoms with Crippen molar-refractivity contribution in [1.29, 1.82) is 0 Å². The van der Waals surface area contributed by atoms with Gasteiger partial charge in [0.05, 0.1) is 11.5 Å². The fourth-order valence-electron chi connectivity index (χ4n) is 2.10. The Balaban J connectivity index is 2.61. The van der Waals surface area contributed by atoms with Gasteiger partial charge >= 0.3 is 0 Å². The summed E-state index contributed by atoms with van der Waals surface area (Å²) in [6.45, 7) is 3.94. The van der Waals surface area contributed by atoms with Gasteiger partial charge in [-0.2, -0.15) is 0 Å². The lowest BCUT2D eigenvalue weighted by molar-refractivity contribution is 0.270. The van der Waals surface area contributed by atoms with Crippen molar-refractivity contribution in [3.05, 3.63) is 18.0 Å². The first kappa shape index (κ1) is 18.2. The van der Waals surface area contributed by atoms with Gasteiger partial charge in [0.25, 0.3) is 0 Å². The molecule has 2 N–H and O–H groups in total. The van der Waals surface area contributed by atoms with Crippen molar-refractivity contribution >= 4 is 10.0 Å². The van der Waals surface area contributed by atoms with Crippen LogP contribution in [0.1, 0.15) is 31.9 Å². The minimum absolute atomic E-state index is 0.154. The van der Waals surface area contributed by atoms with Crippen molar-refractivity contribution in [3.63, 3.8) is 0 Å². The third kappa shape index (κ3) is 5.78. The molecule has 0 fully saturated rings. The van der Waals surface area contributed by atoms with E-state index in [0.717, 1.165) is 25.8 Å². The minimum atomic E-state index is -3.49. The van der Waals surface area contributed by atoms with Crippen molar-refractivity contribution in [2.24, 2.45) is 0 Å². The van der Waals surface area contributed by atoms with Crippen molar-refractivity contribution < 1.29 is 13.5 Å². The van der Waals surface area contributed by atoms with E-state index in [1.165, 1.54) is 6.07 Å². The second-order valence-corrected chi connectivity index (χ2v) is 7.19. The summed E-state index contributed by atoms with van der Waals surface area (Å²) in [6.07, 6.45) is 4.24. The summed E-state index contributed by atoms with van der Waals surface area (Å²) >= 11 is 0. The van der Waals surface area contributed by atoms with Gasteiger partial charge in [-0.15, -0.1) is 0 Å². The highest BCUT2D eigenvalue weighted by atomic mass is 32.2. The Labute approximate surface area is 127 Å². The van der Waals surface area contributed by atoms with Crippen molar-refractivity contribution in [1.82, 2.24) is 14.2 Å². The van der Waals surface area contributed by atoms with Crippen molar-refractivity contribution in [2.45, 2.75) is 44.2 Å². The highest BCUT2D eigenvalue weighted by Crippen LogP contribution is 2.15. The minimum Gasteiger partial charge on any atom is -0.390 e. The Bertz CT molecular complexity index is 524. The molecule has 0 atom stereocenters. The van der Waals surface area contributed by atoms with Gasteiger partial charge in [0.15, 0.2) is 0 Å². The molecule has 7 heteroatoms. The topological polar surface area (TPSA) is 74.6 Å². The van der Waals surface area contributed by atoms with E-state index in [2.05, 4.69) is 9.62 Å². The first-order valence-electron chi connectivity index (χ1n) is 7.35. The SMILES string of the molecule is CCCn1cc(S(=O)(=O)NCCCCN(C)C)cc1CO. The first-order chi connectivity index (χ1) is 9.90. The van der Waals surface area contributed by atoms with Crippen LogP contribution in [0.2, 0.25) is 0 Å². The summed E-state index contributed by atoms with van der Waals surface area (Å²) in [4.78, 5) is 2.31. The van der Waals surface area contributed by atoms with Crippen LogP contribution in [0, 0.1) is 0 Å². The smallest absolute Gasteiger partial charge is 0.242 e. The summed E-state index contributed by atoms with van der Waals surface area (Å²) in [7, 11) is 0.508. The van der Waals surface area contributed by atoms with Crippen LogP contribution in [0.25, 0.3) is 0 Å². The Morgan fingerprint density at radius 2 is 2.05 bits per heavy atom. The van der Waals surface area contributed by atoms with Gasteiger partial charge in [0.1, 0.15) is 0 Å². The number of aliphatic hydroxyl groups is 1. The number of nitrogens with zero attached hydrogens (tertiary/aromatic N) is 2. The fraction of sp³-hybridized carbons (Fsp3) is 0.714. The molecule has 0 spiro atoms. The lowest BCUT2D eigenvalue weighted by atomic mass is 10.3. The molecule has 0 saturated heterocycles. The van der Waals surface area contributed by atoms with E-state index in [1.807, 2.05) is 21.0 Å². The van der Waals surface area contributed by atoms with Crippen LogP contribution in [-0.2, 0) is 23.2 Å². The molecule has 0 unspecified atom stereocenters. The highest BCUT2D eigenvalue weighted by molar-refractivity contribution is 7.89. The normalized spacial score (nSPS) is 12.2. The zero-order valence-electron chi connectivity index (χ0n) is 13.2. The molecule has 122 valence electrons. The maximum Gasteiger partial charge on any atom is 0.242 e. The van der Waals surface area contributed by atoms with Gasteiger partial charge in [-0.05, 0) is 46.0 Å². The molecule has 0 aliphatic rings. The van der Waals surface area contributed by atoms with Crippen molar-refractivity contribution in [3.8, 4) is 0 Å². The molecule has 0 saturated carbocycles. The maximum absolute atomic E-state index is 12.2. The number of nitrogens with one attached hydrogen (secondary N) is 1. The van der Waals surface area contributed by atoms with Gasteiger partial charge < -0.3 is 14.6 Å². The highest BCUT2D eigenvalue weighted by Gasteiger charge is 2.17. The van der Waals surface area contributed by atoms with E-state index in [0.29, 0.717) is 18.8 Å². The quantitative estimate of drug-likeness (QED) is 0.632. The van der Waals surface area contributed by atoms with E-state index in [9.17, 15) is 13.5 Å². The van der Waals surface area contributed by atoms with Gasteiger partial charge in [-0.25, -0.2) is 13.1 Å². The second kappa shape index (κ2) is 8.53. The van der Waals surface area contributed by atoms with E-state index >= 15 is 0 Å². The molecule has 0 aromatic carbocycles. The second-order valence-electron chi connectivity index (χ2n) is 5.43. The van der Waals surface area contributed by atoms with Crippen LogP contribution >= 0.6 is 0 Å². The Morgan fingerprint density at radius 1 is 1.33 bits per heavy atom. The lowest BCUT2D eigenvalue weighted by Gasteiger charge is -2.09. The largest absolute Gasteiger partial charge is 0.390 e. The predicted molar refractivity (Wildman–Crippen MR) is 83.6 cm³/mol. The Kier molecular flexibility index (Phi) is 7.37. The van der Waals surface area contributed by atoms with Crippen LogP contribution in [-0.4, -0.2) is 50.2 Å². The average molecular weight is 317 g/mol. The van der Waals surface area contributed by atoms with E-state index in [4.69, 9.17) is 0 Å². The molecule has 0 bridgehead atoms. The van der Waals surface area contributed by atoms with Gasteiger partial charge in [0, 0.05) is 25.0 Å². The number of rotatable bonds is 10. The molecule has 0 amide bonds. The van der Waals surface area contributed by atoms with Crippen LogP contribution in [0.4, 0.5) is 0 Å².